The van der Waals surface area contributed by atoms with E-state index in [0.717, 1.165) is 22.6 Å². The second-order valence-corrected chi connectivity index (χ2v) is 6.77. The number of thioether (sulfide) groups is 1. The summed E-state index contributed by atoms with van der Waals surface area (Å²) in [6.45, 7) is 6.30. The average molecular weight is 307 g/mol. The highest BCUT2D eigenvalue weighted by atomic mass is 32.2. The Morgan fingerprint density at radius 1 is 1.43 bits per heavy atom. The van der Waals surface area contributed by atoms with Crippen LogP contribution in [0, 0.1) is 0 Å². The summed E-state index contributed by atoms with van der Waals surface area (Å²) in [4.78, 5) is 24.2. The lowest BCUT2D eigenvalue weighted by atomic mass is 10.1. The zero-order valence-corrected chi connectivity index (χ0v) is 13.3. The van der Waals surface area contributed by atoms with Crippen LogP contribution in [-0.2, 0) is 11.2 Å². The summed E-state index contributed by atoms with van der Waals surface area (Å²) in [7, 11) is 0. The lowest BCUT2D eigenvalue weighted by Gasteiger charge is -2.22. The third kappa shape index (κ3) is 4.39. The predicted octanol–water partition coefficient (Wildman–Crippen LogP) is 2.37. The van der Waals surface area contributed by atoms with E-state index in [1.54, 1.807) is 11.8 Å². The van der Waals surface area contributed by atoms with Gasteiger partial charge < -0.3 is 16.0 Å². The maximum atomic E-state index is 11.7. The van der Waals surface area contributed by atoms with Crippen molar-refractivity contribution in [2.24, 2.45) is 0 Å². The third-order valence-electron chi connectivity index (χ3n) is 3.09. The molecule has 6 heteroatoms. The van der Waals surface area contributed by atoms with Crippen molar-refractivity contribution in [3.8, 4) is 0 Å². The molecule has 1 heterocycles. The average Bonchev–Trinajstić information content (AvgIpc) is 2.39. The maximum absolute atomic E-state index is 11.7. The standard InChI is InChI=1S/C15H21N3O2S/c1-9(2)17-15(20)16-7-6-11-4-5-13-12(8-11)18-14(19)10(3)21-13/h4-5,8-10H,6-7H2,1-3H3,(H,18,19)(H2,16,17,20). The first-order chi connectivity index (χ1) is 9.95. The lowest BCUT2D eigenvalue weighted by Crippen LogP contribution is -2.40. The molecule has 1 aliphatic rings. The molecule has 0 saturated heterocycles. The number of carbonyl (C=O) groups excluding carboxylic acids is 2. The minimum Gasteiger partial charge on any atom is -0.338 e. The van der Waals surface area contributed by atoms with E-state index >= 15 is 0 Å². The number of urea groups is 1. The molecule has 0 saturated carbocycles. The fourth-order valence-electron chi connectivity index (χ4n) is 2.05. The third-order valence-corrected chi connectivity index (χ3v) is 4.27. The number of benzene rings is 1. The van der Waals surface area contributed by atoms with Gasteiger partial charge in [-0.05, 0) is 44.9 Å². The molecule has 0 spiro atoms. The summed E-state index contributed by atoms with van der Waals surface area (Å²) in [6.07, 6.45) is 0.731. The van der Waals surface area contributed by atoms with E-state index in [4.69, 9.17) is 0 Å². The van der Waals surface area contributed by atoms with Crippen LogP contribution in [0.15, 0.2) is 23.1 Å². The van der Waals surface area contributed by atoms with E-state index < -0.39 is 0 Å². The monoisotopic (exact) mass is 307 g/mol. The molecule has 0 aromatic heterocycles. The van der Waals surface area contributed by atoms with Crippen LogP contribution in [-0.4, -0.2) is 29.8 Å². The van der Waals surface area contributed by atoms with E-state index in [0.29, 0.717) is 6.54 Å². The zero-order valence-electron chi connectivity index (χ0n) is 12.5. The number of nitrogens with one attached hydrogen (secondary N) is 3. The van der Waals surface area contributed by atoms with Crippen LogP contribution >= 0.6 is 11.8 Å². The number of anilines is 1. The van der Waals surface area contributed by atoms with E-state index in [2.05, 4.69) is 16.0 Å². The quantitative estimate of drug-likeness (QED) is 0.800. The van der Waals surface area contributed by atoms with Gasteiger partial charge in [-0.15, -0.1) is 11.8 Å². The van der Waals surface area contributed by atoms with Gasteiger partial charge in [0, 0.05) is 17.5 Å². The molecule has 5 nitrogen and oxygen atoms in total. The Hall–Kier alpha value is -1.69. The van der Waals surface area contributed by atoms with Gasteiger partial charge in [-0.3, -0.25) is 4.79 Å². The van der Waals surface area contributed by atoms with Gasteiger partial charge in [0.05, 0.1) is 10.9 Å². The SMILES string of the molecule is CC(C)NC(=O)NCCc1ccc2c(c1)NC(=O)C(C)S2. The van der Waals surface area contributed by atoms with Crippen molar-refractivity contribution in [3.63, 3.8) is 0 Å². The molecule has 0 bridgehead atoms. The summed E-state index contributed by atoms with van der Waals surface area (Å²) >= 11 is 1.57. The topological polar surface area (TPSA) is 70.2 Å². The molecule has 114 valence electrons. The second kappa shape index (κ2) is 6.85. The van der Waals surface area contributed by atoms with Crippen molar-refractivity contribution >= 4 is 29.4 Å². The van der Waals surface area contributed by atoms with Crippen molar-refractivity contribution in [2.45, 2.75) is 43.4 Å². The number of rotatable bonds is 4. The fourth-order valence-corrected chi connectivity index (χ4v) is 2.98. The van der Waals surface area contributed by atoms with E-state index in [9.17, 15) is 9.59 Å². The Morgan fingerprint density at radius 2 is 2.19 bits per heavy atom. The Labute approximate surface area is 129 Å². The first-order valence-electron chi connectivity index (χ1n) is 7.10. The van der Waals surface area contributed by atoms with Gasteiger partial charge in [-0.1, -0.05) is 6.07 Å². The van der Waals surface area contributed by atoms with Gasteiger partial charge in [0.25, 0.3) is 0 Å². The van der Waals surface area contributed by atoms with E-state index in [1.165, 1.54) is 0 Å². The molecule has 0 aliphatic carbocycles. The molecule has 1 atom stereocenters. The van der Waals surface area contributed by atoms with Crippen LogP contribution in [0.4, 0.5) is 10.5 Å². The van der Waals surface area contributed by atoms with Crippen molar-refractivity contribution < 1.29 is 9.59 Å². The number of hydrogen-bond acceptors (Lipinski definition) is 3. The fraction of sp³-hybridized carbons (Fsp3) is 0.467. The van der Waals surface area contributed by atoms with Crippen LogP contribution in [0.3, 0.4) is 0 Å². The minimum atomic E-state index is -0.152. The van der Waals surface area contributed by atoms with Crippen molar-refractivity contribution in [3.05, 3.63) is 23.8 Å². The molecule has 2 rings (SSSR count). The van der Waals surface area contributed by atoms with E-state index in [-0.39, 0.29) is 23.2 Å². The molecule has 1 aliphatic heterocycles. The summed E-state index contributed by atoms with van der Waals surface area (Å²) in [5, 5.41) is 8.46. The van der Waals surface area contributed by atoms with Crippen molar-refractivity contribution in [1.29, 1.82) is 0 Å². The molecule has 1 aromatic rings. The Bertz CT molecular complexity index is 546. The smallest absolute Gasteiger partial charge is 0.314 e. The van der Waals surface area contributed by atoms with Gasteiger partial charge in [-0.25, -0.2) is 4.79 Å². The Balaban J connectivity index is 1.89. The van der Waals surface area contributed by atoms with Gasteiger partial charge in [0.15, 0.2) is 0 Å². The van der Waals surface area contributed by atoms with Crippen molar-refractivity contribution in [1.82, 2.24) is 10.6 Å². The summed E-state index contributed by atoms with van der Waals surface area (Å²) in [5.41, 5.74) is 1.96. The molecule has 0 fully saturated rings. The Kier molecular flexibility index (Phi) is 5.12. The molecule has 1 aromatic carbocycles. The minimum absolute atomic E-state index is 0.0408. The molecule has 0 radical (unpaired) electrons. The molecular formula is C15H21N3O2S. The van der Waals surface area contributed by atoms with Crippen LogP contribution < -0.4 is 16.0 Å². The first-order valence-corrected chi connectivity index (χ1v) is 7.98. The van der Waals surface area contributed by atoms with Gasteiger partial charge in [-0.2, -0.15) is 0 Å². The molecule has 3 N–H and O–H groups in total. The predicted molar refractivity (Wildman–Crippen MR) is 85.8 cm³/mol. The molecule has 3 amide bonds. The first kappa shape index (κ1) is 15.7. The highest BCUT2D eigenvalue weighted by Crippen LogP contribution is 2.35. The highest BCUT2D eigenvalue weighted by Gasteiger charge is 2.22. The molecular weight excluding hydrogens is 286 g/mol. The van der Waals surface area contributed by atoms with Gasteiger partial charge in [0.1, 0.15) is 0 Å². The number of hydrogen-bond donors (Lipinski definition) is 3. The molecule has 21 heavy (non-hydrogen) atoms. The Morgan fingerprint density at radius 3 is 2.90 bits per heavy atom. The molecule has 1 unspecified atom stereocenters. The van der Waals surface area contributed by atoms with Gasteiger partial charge in [0.2, 0.25) is 5.91 Å². The number of amides is 3. The zero-order chi connectivity index (χ0) is 15.4. The van der Waals surface area contributed by atoms with Gasteiger partial charge >= 0.3 is 6.03 Å². The van der Waals surface area contributed by atoms with E-state index in [1.807, 2.05) is 39.0 Å². The van der Waals surface area contributed by atoms with Crippen LogP contribution in [0.2, 0.25) is 0 Å². The maximum Gasteiger partial charge on any atom is 0.314 e. The lowest BCUT2D eigenvalue weighted by molar-refractivity contribution is -0.115. The summed E-state index contributed by atoms with van der Waals surface area (Å²) in [5.74, 6) is 0.0408. The highest BCUT2D eigenvalue weighted by molar-refractivity contribution is 8.00. The number of carbonyl (C=O) groups is 2. The normalized spacial score (nSPS) is 17.1. The summed E-state index contributed by atoms with van der Waals surface area (Å²) in [6, 6.07) is 6.02. The van der Waals surface area contributed by atoms with Crippen LogP contribution in [0.5, 0.6) is 0 Å². The largest absolute Gasteiger partial charge is 0.338 e. The summed E-state index contributed by atoms with van der Waals surface area (Å²) < 4.78 is 0. The van der Waals surface area contributed by atoms with Crippen LogP contribution in [0.1, 0.15) is 26.3 Å². The number of fused-ring (bicyclic) bond motifs is 1. The van der Waals surface area contributed by atoms with Crippen LogP contribution in [0.25, 0.3) is 0 Å². The van der Waals surface area contributed by atoms with Crippen molar-refractivity contribution in [2.75, 3.05) is 11.9 Å². The second-order valence-electron chi connectivity index (χ2n) is 5.38.